The number of aromatic nitrogens is 1. The fraction of sp³-hybridized carbons (Fsp3) is 0.400. The lowest BCUT2D eigenvalue weighted by Crippen LogP contribution is -2.52. The zero-order chi connectivity index (χ0) is 24.0. The minimum atomic E-state index is -4.55. The largest absolute Gasteiger partial charge is 0.466 e. The summed E-state index contributed by atoms with van der Waals surface area (Å²) in [5.41, 5.74) is -2.34. The highest BCUT2D eigenvalue weighted by Gasteiger charge is 2.51. The van der Waals surface area contributed by atoms with Crippen molar-refractivity contribution in [1.82, 2.24) is 20.1 Å². The smallest absolute Gasteiger partial charge is 0.417 e. The number of alkyl halides is 3. The number of hydrogen-bond donors (Lipinski definition) is 1. The van der Waals surface area contributed by atoms with Crippen LogP contribution < -0.4 is 10.2 Å². The van der Waals surface area contributed by atoms with Gasteiger partial charge in [0.2, 0.25) is 5.91 Å². The molecule has 2 aromatic heterocycles. The number of carbonyl (C=O) groups excluding carboxylic acids is 3. The number of nitrogens with one attached hydrogen (secondary N) is 1. The molecule has 2 fully saturated rings. The Kier molecular flexibility index (Phi) is 5.72. The molecule has 9 nitrogen and oxygen atoms in total. The summed E-state index contributed by atoms with van der Waals surface area (Å²) in [6.45, 7) is 2.03. The van der Waals surface area contributed by atoms with E-state index in [0.29, 0.717) is 6.20 Å². The molecule has 2 aliphatic heterocycles. The summed E-state index contributed by atoms with van der Waals surface area (Å²) in [6.07, 6.45) is -2.45. The van der Waals surface area contributed by atoms with Gasteiger partial charge in [0.15, 0.2) is 5.54 Å². The van der Waals surface area contributed by atoms with E-state index in [9.17, 15) is 27.6 Å². The van der Waals surface area contributed by atoms with Gasteiger partial charge in [-0.25, -0.2) is 9.78 Å². The second-order valence-corrected chi connectivity index (χ2v) is 8.23. The van der Waals surface area contributed by atoms with Crippen LogP contribution in [0.3, 0.4) is 0 Å². The molecule has 2 saturated heterocycles. The molecule has 1 unspecified atom stereocenters. The molecule has 0 spiro atoms. The number of carbonyl (C=O) groups is 3. The van der Waals surface area contributed by atoms with E-state index >= 15 is 0 Å². The van der Waals surface area contributed by atoms with Crippen molar-refractivity contribution < 1.29 is 32.0 Å². The van der Waals surface area contributed by atoms with E-state index in [0.717, 1.165) is 11.0 Å². The monoisotopic (exact) mass is 485 g/mol. The number of furan rings is 1. The molecule has 0 bridgehead atoms. The molecule has 13 heteroatoms. The van der Waals surface area contributed by atoms with Crippen molar-refractivity contribution in [3.05, 3.63) is 47.0 Å². The van der Waals surface area contributed by atoms with Crippen molar-refractivity contribution in [3.8, 4) is 0 Å². The average Bonchev–Trinajstić information content (AvgIpc) is 3.38. The Morgan fingerprint density at radius 3 is 2.55 bits per heavy atom. The van der Waals surface area contributed by atoms with Crippen LogP contribution in [-0.4, -0.2) is 65.4 Å². The number of anilines is 1. The first-order valence-corrected chi connectivity index (χ1v) is 10.3. The normalized spacial score (nSPS) is 21.5. The number of urea groups is 1. The summed E-state index contributed by atoms with van der Waals surface area (Å²) in [4.78, 5) is 45.8. The number of nitrogens with zero attached hydrogens (tertiary/aromatic N) is 4. The third-order valence-corrected chi connectivity index (χ3v) is 5.94. The highest BCUT2D eigenvalue weighted by atomic mass is 35.5. The third kappa shape index (κ3) is 4.22. The maximum Gasteiger partial charge on any atom is 0.417 e. The number of imide groups is 1. The molecular formula is C20H19ClF3N5O4. The van der Waals surface area contributed by atoms with Gasteiger partial charge in [0.1, 0.15) is 18.1 Å². The van der Waals surface area contributed by atoms with Gasteiger partial charge in [0, 0.05) is 32.4 Å². The third-order valence-electron chi connectivity index (χ3n) is 5.66. The molecule has 2 aromatic rings. The standard InChI is InChI=1S/C20H19ClF3N5O4/c1-19(14-3-2-8-33-14)17(31)29(18(32)26-19)11-15(30)27-4-6-28(7-5-27)16-13(21)9-12(10-25-16)20(22,23)24/h2-3,8-10H,4-7,11H2,1H3,(H,26,32). The summed E-state index contributed by atoms with van der Waals surface area (Å²) in [6, 6.07) is 3.26. The molecule has 4 heterocycles. The van der Waals surface area contributed by atoms with E-state index < -0.39 is 41.7 Å². The van der Waals surface area contributed by atoms with E-state index in [4.69, 9.17) is 16.0 Å². The zero-order valence-corrected chi connectivity index (χ0v) is 18.1. The van der Waals surface area contributed by atoms with Gasteiger partial charge < -0.3 is 19.5 Å². The first kappa shape index (κ1) is 22.9. The molecule has 0 radical (unpaired) electrons. The Morgan fingerprint density at radius 2 is 1.97 bits per heavy atom. The predicted octanol–water partition coefficient (Wildman–Crippen LogP) is 2.46. The summed E-state index contributed by atoms with van der Waals surface area (Å²) in [7, 11) is 0. The topological polar surface area (TPSA) is 99.0 Å². The van der Waals surface area contributed by atoms with Gasteiger partial charge in [-0.05, 0) is 25.1 Å². The van der Waals surface area contributed by atoms with Crippen molar-refractivity contribution >= 4 is 35.3 Å². The van der Waals surface area contributed by atoms with E-state index in [1.54, 1.807) is 17.0 Å². The van der Waals surface area contributed by atoms with Crippen LogP contribution in [0.5, 0.6) is 0 Å². The minimum Gasteiger partial charge on any atom is -0.466 e. The van der Waals surface area contributed by atoms with Crippen LogP contribution in [-0.2, 0) is 21.3 Å². The maximum atomic E-state index is 12.8. The van der Waals surface area contributed by atoms with Crippen molar-refractivity contribution in [1.29, 1.82) is 0 Å². The average molecular weight is 486 g/mol. The van der Waals surface area contributed by atoms with Gasteiger partial charge in [-0.3, -0.25) is 14.5 Å². The van der Waals surface area contributed by atoms with Gasteiger partial charge >= 0.3 is 12.2 Å². The maximum absolute atomic E-state index is 12.8. The molecule has 1 atom stereocenters. The highest BCUT2D eigenvalue weighted by Crippen LogP contribution is 2.34. The lowest BCUT2D eigenvalue weighted by atomic mass is 9.99. The minimum absolute atomic E-state index is 0.138. The van der Waals surface area contributed by atoms with Crippen LogP contribution >= 0.6 is 11.6 Å². The van der Waals surface area contributed by atoms with Crippen LogP contribution in [0.4, 0.5) is 23.8 Å². The Balaban J connectivity index is 1.37. The summed E-state index contributed by atoms with van der Waals surface area (Å²) < 4.78 is 43.7. The van der Waals surface area contributed by atoms with Gasteiger partial charge in [0.25, 0.3) is 5.91 Å². The molecule has 0 aliphatic carbocycles. The fourth-order valence-electron chi connectivity index (χ4n) is 3.79. The molecule has 0 saturated carbocycles. The second-order valence-electron chi connectivity index (χ2n) is 7.82. The van der Waals surface area contributed by atoms with Crippen LogP contribution in [0, 0.1) is 0 Å². The quantitative estimate of drug-likeness (QED) is 0.668. The van der Waals surface area contributed by atoms with Crippen molar-refractivity contribution in [3.63, 3.8) is 0 Å². The molecule has 2 aliphatic rings. The predicted molar refractivity (Wildman–Crippen MR) is 109 cm³/mol. The molecule has 4 amide bonds. The number of rotatable bonds is 4. The van der Waals surface area contributed by atoms with Gasteiger partial charge in [0.05, 0.1) is 16.8 Å². The summed E-state index contributed by atoms with van der Waals surface area (Å²) in [5, 5.41) is 2.41. The van der Waals surface area contributed by atoms with E-state index in [-0.39, 0.29) is 42.8 Å². The number of halogens is 4. The second kappa shape index (κ2) is 8.25. The number of pyridine rings is 1. The van der Waals surface area contributed by atoms with E-state index in [1.807, 2.05) is 0 Å². The lowest BCUT2D eigenvalue weighted by molar-refractivity contribution is -0.139. The SMILES string of the molecule is CC1(c2ccco2)NC(=O)N(CC(=O)N2CCN(c3ncc(C(F)(F)F)cc3Cl)CC2)C1=O. The molecule has 4 rings (SSSR count). The highest BCUT2D eigenvalue weighted by molar-refractivity contribution is 6.33. The fourth-order valence-corrected chi connectivity index (χ4v) is 4.08. The summed E-state index contributed by atoms with van der Waals surface area (Å²) >= 11 is 6.00. The Bertz CT molecular complexity index is 1090. The van der Waals surface area contributed by atoms with E-state index in [2.05, 4.69) is 10.3 Å². The Hall–Kier alpha value is -3.28. The van der Waals surface area contributed by atoms with Crippen molar-refractivity contribution in [2.75, 3.05) is 37.6 Å². The number of amides is 4. The van der Waals surface area contributed by atoms with Crippen molar-refractivity contribution in [2.45, 2.75) is 18.6 Å². The molecule has 33 heavy (non-hydrogen) atoms. The van der Waals surface area contributed by atoms with Gasteiger partial charge in [-0.1, -0.05) is 11.6 Å². The number of piperazine rings is 1. The first-order valence-electron chi connectivity index (χ1n) is 9.94. The van der Waals surface area contributed by atoms with E-state index in [1.165, 1.54) is 18.1 Å². The number of hydrogen-bond acceptors (Lipinski definition) is 6. The Labute approximate surface area is 191 Å². The Morgan fingerprint density at radius 1 is 1.27 bits per heavy atom. The van der Waals surface area contributed by atoms with Crippen molar-refractivity contribution in [2.24, 2.45) is 0 Å². The molecule has 1 N–H and O–H groups in total. The molecule has 176 valence electrons. The zero-order valence-electron chi connectivity index (χ0n) is 17.4. The first-order chi connectivity index (χ1) is 15.5. The van der Waals surface area contributed by atoms with Crippen LogP contribution in [0.1, 0.15) is 18.2 Å². The van der Waals surface area contributed by atoms with Crippen LogP contribution in [0.25, 0.3) is 0 Å². The van der Waals surface area contributed by atoms with Gasteiger partial charge in [-0.2, -0.15) is 13.2 Å². The van der Waals surface area contributed by atoms with Crippen LogP contribution in [0.2, 0.25) is 5.02 Å². The van der Waals surface area contributed by atoms with Gasteiger partial charge in [-0.15, -0.1) is 0 Å². The molecular weight excluding hydrogens is 467 g/mol. The summed E-state index contributed by atoms with van der Waals surface area (Å²) in [5.74, 6) is -0.589. The molecule has 0 aromatic carbocycles. The lowest BCUT2D eigenvalue weighted by Gasteiger charge is -2.36. The van der Waals surface area contributed by atoms with Crippen LogP contribution in [0.15, 0.2) is 35.1 Å².